The molecule has 3 rings (SSSR count). The zero-order valence-corrected chi connectivity index (χ0v) is 11.7. The average Bonchev–Trinajstić information content (AvgIpc) is 2.94. The summed E-state index contributed by atoms with van der Waals surface area (Å²) in [4.78, 5) is 2.55. The summed E-state index contributed by atoms with van der Waals surface area (Å²) < 4.78 is 2.38. The summed E-state index contributed by atoms with van der Waals surface area (Å²) in [5.74, 6) is 0.724. The second-order valence-electron chi connectivity index (χ2n) is 5.66. The van der Waals surface area contributed by atoms with Crippen LogP contribution in [-0.2, 0) is 0 Å². The van der Waals surface area contributed by atoms with Crippen molar-refractivity contribution in [1.82, 2.24) is 4.57 Å². The molecule has 1 aromatic carbocycles. The highest BCUT2D eigenvalue weighted by molar-refractivity contribution is 5.47. The molecule has 0 N–H and O–H groups in total. The Hall–Kier alpha value is -1.70. The maximum absolute atomic E-state index is 2.55. The summed E-state index contributed by atoms with van der Waals surface area (Å²) in [5.41, 5.74) is 1.35. The molecule has 2 nitrogen and oxygen atoms in total. The van der Waals surface area contributed by atoms with Crippen molar-refractivity contribution in [3.05, 3.63) is 54.9 Å². The van der Waals surface area contributed by atoms with E-state index < -0.39 is 0 Å². The Morgan fingerprint density at radius 1 is 0.947 bits per heavy atom. The van der Waals surface area contributed by atoms with Crippen molar-refractivity contribution in [1.29, 1.82) is 0 Å². The van der Waals surface area contributed by atoms with Crippen molar-refractivity contribution in [3.63, 3.8) is 0 Å². The van der Waals surface area contributed by atoms with Gasteiger partial charge in [0.25, 0.3) is 0 Å². The maximum atomic E-state index is 2.55. The number of hydrogen-bond acceptors (Lipinski definition) is 1. The van der Waals surface area contributed by atoms with Crippen LogP contribution in [0.15, 0.2) is 54.9 Å². The van der Waals surface area contributed by atoms with E-state index in [1.807, 2.05) is 0 Å². The first-order valence-corrected chi connectivity index (χ1v) is 7.21. The largest absolute Gasteiger partial charge is 0.367 e. The van der Waals surface area contributed by atoms with E-state index in [-0.39, 0.29) is 0 Å². The molecule has 1 saturated heterocycles. The molecule has 0 radical (unpaired) electrons. The molecule has 0 spiro atoms. The zero-order valence-electron chi connectivity index (χ0n) is 11.7. The summed E-state index contributed by atoms with van der Waals surface area (Å²) >= 11 is 0. The molecule has 2 heteroatoms. The molecule has 1 aliphatic rings. The van der Waals surface area contributed by atoms with Crippen LogP contribution in [0.5, 0.6) is 0 Å². The Balaban J connectivity index is 1.89. The molecule has 2 heterocycles. The minimum Gasteiger partial charge on any atom is -0.367 e. The van der Waals surface area contributed by atoms with E-state index in [9.17, 15) is 0 Å². The standard InChI is InChI=1S/C17H22N2/c1-14-10-13-19(16-8-4-3-5-9-16)15(2)17(14)18-11-6-7-12-18/h3-9,11-12,14-15,17H,10,13H2,1-2H3. The van der Waals surface area contributed by atoms with Crippen LogP contribution in [0, 0.1) is 5.92 Å². The highest BCUT2D eigenvalue weighted by Gasteiger charge is 2.33. The van der Waals surface area contributed by atoms with Gasteiger partial charge in [0.2, 0.25) is 0 Å². The minimum atomic E-state index is 0.526. The molecule has 1 fully saturated rings. The van der Waals surface area contributed by atoms with Crippen LogP contribution in [0.25, 0.3) is 0 Å². The Morgan fingerprint density at radius 2 is 1.63 bits per heavy atom. The number of piperidine rings is 1. The van der Waals surface area contributed by atoms with E-state index in [0.717, 1.165) is 12.5 Å². The number of rotatable bonds is 2. The lowest BCUT2D eigenvalue weighted by Gasteiger charge is -2.45. The van der Waals surface area contributed by atoms with Gasteiger partial charge in [-0.2, -0.15) is 0 Å². The molecule has 1 aliphatic heterocycles. The van der Waals surface area contributed by atoms with Gasteiger partial charge in [0.1, 0.15) is 0 Å². The van der Waals surface area contributed by atoms with Gasteiger partial charge in [0.05, 0.1) is 6.04 Å². The third-order valence-corrected chi connectivity index (χ3v) is 4.45. The Kier molecular flexibility index (Phi) is 3.33. The monoisotopic (exact) mass is 254 g/mol. The molecule has 0 bridgehead atoms. The van der Waals surface area contributed by atoms with Gasteiger partial charge in [-0.1, -0.05) is 25.1 Å². The summed E-state index contributed by atoms with van der Waals surface area (Å²) in [5, 5.41) is 0. The van der Waals surface area contributed by atoms with Gasteiger partial charge in [0.15, 0.2) is 0 Å². The van der Waals surface area contributed by atoms with E-state index >= 15 is 0 Å². The number of nitrogens with zero attached hydrogens (tertiary/aromatic N) is 2. The van der Waals surface area contributed by atoms with Gasteiger partial charge in [-0.3, -0.25) is 0 Å². The van der Waals surface area contributed by atoms with E-state index in [1.165, 1.54) is 12.1 Å². The van der Waals surface area contributed by atoms with Gasteiger partial charge in [-0.05, 0) is 43.5 Å². The lowest BCUT2D eigenvalue weighted by molar-refractivity contribution is 0.247. The highest BCUT2D eigenvalue weighted by atomic mass is 15.2. The van der Waals surface area contributed by atoms with Gasteiger partial charge in [-0.15, -0.1) is 0 Å². The van der Waals surface area contributed by atoms with E-state index in [0.29, 0.717) is 12.1 Å². The SMILES string of the molecule is CC1CCN(c2ccccc2)C(C)C1n1cccc1. The zero-order chi connectivity index (χ0) is 13.2. The van der Waals surface area contributed by atoms with Gasteiger partial charge in [-0.25, -0.2) is 0 Å². The smallest absolute Gasteiger partial charge is 0.0557 e. The first-order chi connectivity index (χ1) is 9.27. The molecule has 1 aromatic heterocycles. The van der Waals surface area contributed by atoms with Crippen LogP contribution in [-0.4, -0.2) is 17.2 Å². The predicted molar refractivity (Wildman–Crippen MR) is 80.5 cm³/mol. The van der Waals surface area contributed by atoms with Gasteiger partial charge >= 0.3 is 0 Å². The summed E-state index contributed by atoms with van der Waals surface area (Å²) in [7, 11) is 0. The molecule has 100 valence electrons. The van der Waals surface area contributed by atoms with E-state index in [4.69, 9.17) is 0 Å². The lowest BCUT2D eigenvalue weighted by Crippen LogP contribution is -2.47. The van der Waals surface area contributed by atoms with Crippen molar-refractivity contribution in [2.75, 3.05) is 11.4 Å². The molecular formula is C17H22N2. The first kappa shape index (κ1) is 12.3. The molecule has 0 saturated carbocycles. The normalized spacial score (nSPS) is 27.5. The van der Waals surface area contributed by atoms with Crippen LogP contribution >= 0.6 is 0 Å². The number of aromatic nitrogens is 1. The van der Waals surface area contributed by atoms with Crippen molar-refractivity contribution >= 4 is 5.69 Å². The fourth-order valence-electron chi connectivity index (χ4n) is 3.45. The molecule has 2 aromatic rings. The Bertz CT molecular complexity index is 503. The number of benzene rings is 1. The molecule has 0 amide bonds. The second kappa shape index (κ2) is 5.12. The highest BCUT2D eigenvalue weighted by Crippen LogP contribution is 2.35. The van der Waals surface area contributed by atoms with Crippen molar-refractivity contribution in [2.24, 2.45) is 5.92 Å². The van der Waals surface area contributed by atoms with Crippen LogP contribution in [0.2, 0.25) is 0 Å². The Labute approximate surface area is 115 Å². The fraction of sp³-hybridized carbons (Fsp3) is 0.412. The van der Waals surface area contributed by atoms with Crippen molar-refractivity contribution < 1.29 is 0 Å². The second-order valence-corrected chi connectivity index (χ2v) is 5.66. The van der Waals surface area contributed by atoms with Gasteiger partial charge < -0.3 is 9.47 Å². The van der Waals surface area contributed by atoms with Crippen LogP contribution in [0.1, 0.15) is 26.3 Å². The fourth-order valence-corrected chi connectivity index (χ4v) is 3.45. The molecule has 19 heavy (non-hydrogen) atoms. The third kappa shape index (κ3) is 2.27. The summed E-state index contributed by atoms with van der Waals surface area (Å²) in [6, 6.07) is 16.1. The van der Waals surface area contributed by atoms with Gasteiger partial charge in [0, 0.05) is 30.7 Å². The van der Waals surface area contributed by atoms with Crippen LogP contribution in [0.3, 0.4) is 0 Å². The van der Waals surface area contributed by atoms with E-state index in [1.54, 1.807) is 0 Å². The minimum absolute atomic E-state index is 0.526. The first-order valence-electron chi connectivity index (χ1n) is 7.21. The summed E-state index contributed by atoms with van der Waals surface area (Å²) in [6.45, 7) is 5.89. The molecule has 3 unspecified atom stereocenters. The number of para-hydroxylation sites is 1. The molecular weight excluding hydrogens is 232 g/mol. The molecule has 3 atom stereocenters. The molecule has 0 aliphatic carbocycles. The predicted octanol–water partition coefficient (Wildman–Crippen LogP) is 3.96. The topological polar surface area (TPSA) is 8.17 Å². The van der Waals surface area contributed by atoms with Crippen LogP contribution in [0.4, 0.5) is 5.69 Å². The van der Waals surface area contributed by atoms with Crippen LogP contribution < -0.4 is 4.90 Å². The Morgan fingerprint density at radius 3 is 2.32 bits per heavy atom. The quantitative estimate of drug-likeness (QED) is 0.787. The number of anilines is 1. The average molecular weight is 254 g/mol. The lowest BCUT2D eigenvalue weighted by atomic mass is 9.87. The van der Waals surface area contributed by atoms with Crippen molar-refractivity contribution in [2.45, 2.75) is 32.4 Å². The van der Waals surface area contributed by atoms with Crippen molar-refractivity contribution in [3.8, 4) is 0 Å². The maximum Gasteiger partial charge on any atom is 0.0557 e. The summed E-state index contributed by atoms with van der Waals surface area (Å²) in [6.07, 6.45) is 5.65. The third-order valence-electron chi connectivity index (χ3n) is 4.45. The van der Waals surface area contributed by atoms with E-state index in [2.05, 4.69) is 78.2 Å². The number of hydrogen-bond donors (Lipinski definition) is 0.